The molecule has 0 atom stereocenters. The van der Waals surface area contributed by atoms with Crippen LogP contribution in [0.4, 0.5) is 0 Å². The summed E-state index contributed by atoms with van der Waals surface area (Å²) in [6, 6.07) is 5.50. The molecule has 0 saturated carbocycles. The number of hydrogen-bond donors (Lipinski definition) is 0. The van der Waals surface area contributed by atoms with E-state index in [4.69, 9.17) is 23.2 Å². The predicted octanol–water partition coefficient (Wildman–Crippen LogP) is 4.74. The average Bonchev–Trinajstić information content (AvgIpc) is 2.08. The maximum absolute atomic E-state index is 5.82. The van der Waals surface area contributed by atoms with E-state index in [0.29, 0.717) is 0 Å². The van der Waals surface area contributed by atoms with Crippen LogP contribution in [-0.2, 0) is 0 Å². The van der Waals surface area contributed by atoms with Crippen molar-refractivity contribution in [2.24, 2.45) is 0 Å². The molecule has 0 radical (unpaired) electrons. The van der Waals surface area contributed by atoms with E-state index in [-0.39, 0.29) is 0 Å². The van der Waals surface area contributed by atoms with E-state index in [1.807, 2.05) is 38.3 Å². The van der Waals surface area contributed by atoms with Crippen molar-refractivity contribution in [2.45, 2.75) is 18.7 Å². The third-order valence-electron chi connectivity index (χ3n) is 1.12. The number of thioether (sulfide) groups is 1. The van der Waals surface area contributed by atoms with E-state index in [2.05, 4.69) is 0 Å². The molecule has 0 amide bonds. The van der Waals surface area contributed by atoms with Crippen molar-refractivity contribution in [3.8, 4) is 0 Å². The van der Waals surface area contributed by atoms with Gasteiger partial charge >= 0.3 is 0 Å². The molecule has 0 aromatic heterocycles. The molecule has 12 heavy (non-hydrogen) atoms. The van der Waals surface area contributed by atoms with Gasteiger partial charge < -0.3 is 0 Å². The summed E-state index contributed by atoms with van der Waals surface area (Å²) < 4.78 is 0. The molecule has 68 valence electrons. The summed E-state index contributed by atoms with van der Waals surface area (Å²) in [6.07, 6.45) is 1.95. The van der Waals surface area contributed by atoms with Crippen LogP contribution in [0.5, 0.6) is 0 Å². The van der Waals surface area contributed by atoms with Crippen LogP contribution < -0.4 is 0 Å². The summed E-state index contributed by atoms with van der Waals surface area (Å²) >= 11 is 13.2. The Bertz CT molecular complexity index is 216. The molecule has 0 bridgehead atoms. The molecular formula is C9H12Cl2S. The highest BCUT2D eigenvalue weighted by molar-refractivity contribution is 7.98. The van der Waals surface area contributed by atoms with Crippen LogP contribution in [0.2, 0.25) is 10.0 Å². The maximum atomic E-state index is 5.82. The summed E-state index contributed by atoms with van der Waals surface area (Å²) in [4.78, 5) is 0.950. The lowest BCUT2D eigenvalue weighted by atomic mass is 10.4. The van der Waals surface area contributed by atoms with Gasteiger partial charge in [-0.2, -0.15) is 0 Å². The van der Waals surface area contributed by atoms with E-state index < -0.39 is 0 Å². The van der Waals surface area contributed by atoms with Crippen molar-refractivity contribution in [3.05, 3.63) is 28.2 Å². The number of benzene rings is 1. The normalized spacial score (nSPS) is 8.75. The Morgan fingerprint density at radius 3 is 1.75 bits per heavy atom. The molecule has 1 aromatic carbocycles. The van der Waals surface area contributed by atoms with E-state index >= 15 is 0 Å². The monoisotopic (exact) mass is 222 g/mol. The third-order valence-corrected chi connectivity index (χ3v) is 2.83. The maximum Gasteiger partial charge on any atom is 0.0556 e. The molecular weight excluding hydrogens is 211 g/mol. The number of halogens is 2. The molecule has 0 fully saturated rings. The van der Waals surface area contributed by atoms with Gasteiger partial charge in [-0.1, -0.05) is 43.1 Å². The van der Waals surface area contributed by atoms with E-state index in [1.165, 1.54) is 0 Å². The highest BCUT2D eigenvalue weighted by atomic mass is 35.5. The van der Waals surface area contributed by atoms with E-state index in [1.54, 1.807) is 11.8 Å². The van der Waals surface area contributed by atoms with Gasteiger partial charge in [0.2, 0.25) is 0 Å². The zero-order valence-electron chi connectivity index (χ0n) is 7.40. The van der Waals surface area contributed by atoms with Crippen molar-refractivity contribution in [3.63, 3.8) is 0 Å². The molecule has 0 heterocycles. The lowest BCUT2D eigenvalue weighted by Gasteiger charge is -2.00. The number of hydrogen-bond acceptors (Lipinski definition) is 1. The Balaban J connectivity index is 0.000000561. The van der Waals surface area contributed by atoms with Crippen LogP contribution in [0.25, 0.3) is 0 Å². The highest BCUT2D eigenvalue weighted by Gasteiger charge is 2.01. The molecule has 3 heteroatoms. The van der Waals surface area contributed by atoms with Gasteiger partial charge in [0, 0.05) is 4.90 Å². The fourth-order valence-corrected chi connectivity index (χ4v) is 2.06. The standard InChI is InChI=1S/C7H6Cl2S.C2H6/c1-10-7-5(8)3-2-4-6(7)9;1-2/h2-4H,1H3;1-2H3. The molecule has 1 aromatic rings. The minimum Gasteiger partial charge on any atom is -0.127 e. The van der Waals surface area contributed by atoms with Gasteiger partial charge in [-0.25, -0.2) is 0 Å². The second-order valence-electron chi connectivity index (χ2n) is 1.75. The first-order chi connectivity index (χ1) is 5.75. The average molecular weight is 223 g/mol. The van der Waals surface area contributed by atoms with Gasteiger partial charge in [0.25, 0.3) is 0 Å². The smallest absolute Gasteiger partial charge is 0.0556 e. The van der Waals surface area contributed by atoms with Crippen LogP contribution in [-0.4, -0.2) is 6.26 Å². The fraction of sp³-hybridized carbons (Fsp3) is 0.333. The van der Waals surface area contributed by atoms with Crippen molar-refractivity contribution in [1.82, 2.24) is 0 Å². The van der Waals surface area contributed by atoms with Crippen LogP contribution in [0.1, 0.15) is 13.8 Å². The molecule has 0 nitrogen and oxygen atoms in total. The molecule has 0 unspecified atom stereocenters. The Morgan fingerprint density at radius 2 is 1.50 bits per heavy atom. The molecule has 0 aliphatic rings. The third kappa shape index (κ3) is 3.26. The minimum absolute atomic E-state index is 0.722. The first-order valence-electron chi connectivity index (χ1n) is 3.73. The summed E-state index contributed by atoms with van der Waals surface area (Å²) in [5.74, 6) is 0. The summed E-state index contributed by atoms with van der Waals surface area (Å²) in [6.45, 7) is 4.00. The quantitative estimate of drug-likeness (QED) is 0.619. The summed E-state index contributed by atoms with van der Waals surface area (Å²) in [7, 11) is 0. The minimum atomic E-state index is 0.722. The molecule has 0 aliphatic carbocycles. The highest BCUT2D eigenvalue weighted by Crippen LogP contribution is 2.31. The fourth-order valence-electron chi connectivity index (χ4n) is 0.678. The zero-order valence-corrected chi connectivity index (χ0v) is 9.72. The Hall–Kier alpha value is 0.150. The van der Waals surface area contributed by atoms with E-state index in [9.17, 15) is 0 Å². The second kappa shape index (κ2) is 6.64. The molecule has 1 rings (SSSR count). The van der Waals surface area contributed by atoms with Gasteiger partial charge in [0.05, 0.1) is 10.0 Å². The SMILES string of the molecule is CC.CSc1c(Cl)cccc1Cl. The van der Waals surface area contributed by atoms with Gasteiger partial charge in [0.1, 0.15) is 0 Å². The van der Waals surface area contributed by atoms with Crippen LogP contribution in [0, 0.1) is 0 Å². The first kappa shape index (κ1) is 12.2. The zero-order chi connectivity index (χ0) is 9.56. The van der Waals surface area contributed by atoms with Gasteiger partial charge in [0.15, 0.2) is 0 Å². The van der Waals surface area contributed by atoms with Gasteiger partial charge in [-0.05, 0) is 18.4 Å². The van der Waals surface area contributed by atoms with Crippen molar-refractivity contribution in [1.29, 1.82) is 0 Å². The van der Waals surface area contributed by atoms with Crippen LogP contribution in [0.3, 0.4) is 0 Å². The Morgan fingerprint density at radius 1 is 1.08 bits per heavy atom. The van der Waals surface area contributed by atoms with Crippen molar-refractivity contribution < 1.29 is 0 Å². The molecule has 0 saturated heterocycles. The van der Waals surface area contributed by atoms with Crippen molar-refractivity contribution in [2.75, 3.05) is 6.26 Å². The molecule has 0 N–H and O–H groups in total. The van der Waals surface area contributed by atoms with Crippen LogP contribution >= 0.6 is 35.0 Å². The predicted molar refractivity (Wildman–Crippen MR) is 59.6 cm³/mol. The molecule has 0 aliphatic heterocycles. The Labute approximate surface area is 88.3 Å². The topological polar surface area (TPSA) is 0 Å². The van der Waals surface area contributed by atoms with Gasteiger partial charge in [-0.15, -0.1) is 11.8 Å². The number of rotatable bonds is 1. The first-order valence-corrected chi connectivity index (χ1v) is 5.72. The lowest BCUT2D eigenvalue weighted by Crippen LogP contribution is -1.73. The summed E-state index contributed by atoms with van der Waals surface area (Å²) in [5, 5.41) is 1.44. The van der Waals surface area contributed by atoms with Crippen molar-refractivity contribution >= 4 is 35.0 Å². The Kier molecular flexibility index (Phi) is 6.73. The summed E-state index contributed by atoms with van der Waals surface area (Å²) in [5.41, 5.74) is 0. The second-order valence-corrected chi connectivity index (χ2v) is 3.39. The van der Waals surface area contributed by atoms with Crippen LogP contribution in [0.15, 0.2) is 23.1 Å². The van der Waals surface area contributed by atoms with E-state index in [0.717, 1.165) is 14.9 Å². The molecule has 0 spiro atoms. The lowest BCUT2D eigenvalue weighted by molar-refractivity contribution is 1.47. The largest absolute Gasteiger partial charge is 0.127 e. The van der Waals surface area contributed by atoms with Gasteiger partial charge in [-0.3, -0.25) is 0 Å².